The molecule has 0 saturated carbocycles. The van der Waals surface area contributed by atoms with Crippen LogP contribution in [0.1, 0.15) is 26.7 Å². The molecule has 1 N–H and O–H groups in total. The molecule has 19 heavy (non-hydrogen) atoms. The number of aliphatic imine (C=N–C) groups is 1. The van der Waals surface area contributed by atoms with Crippen LogP contribution in [0.3, 0.4) is 0 Å². The number of thioether (sulfide) groups is 1. The molecule has 0 fully saturated rings. The summed E-state index contributed by atoms with van der Waals surface area (Å²) >= 11 is 5.09. The average molecular weight is 345 g/mol. The van der Waals surface area contributed by atoms with Crippen molar-refractivity contribution in [2.45, 2.75) is 31.9 Å². The van der Waals surface area contributed by atoms with E-state index in [2.05, 4.69) is 40.1 Å². The molecular formula is C14H18BrFN2S. The normalized spacial score (nSPS) is 18.8. The van der Waals surface area contributed by atoms with Crippen molar-refractivity contribution in [3.8, 4) is 0 Å². The smallest absolute Gasteiger partial charge is 0.161 e. The predicted octanol–water partition coefficient (Wildman–Crippen LogP) is 4.91. The Labute approximate surface area is 126 Å². The highest BCUT2D eigenvalue weighted by Crippen LogP contribution is 2.33. The molecular weight excluding hydrogens is 327 g/mol. The highest BCUT2D eigenvalue weighted by Gasteiger charge is 2.26. The van der Waals surface area contributed by atoms with E-state index < -0.39 is 0 Å². The zero-order chi connectivity index (χ0) is 13.8. The average Bonchev–Trinajstić information content (AvgIpc) is 2.84. The molecule has 2 nitrogen and oxygen atoms in total. The van der Waals surface area contributed by atoms with Crippen molar-refractivity contribution >= 4 is 38.5 Å². The second kappa shape index (κ2) is 6.75. The highest BCUT2D eigenvalue weighted by molar-refractivity contribution is 9.10. The van der Waals surface area contributed by atoms with Gasteiger partial charge in [0.15, 0.2) is 5.17 Å². The molecule has 1 aliphatic heterocycles. The number of benzene rings is 1. The third kappa shape index (κ3) is 3.51. The van der Waals surface area contributed by atoms with Crippen LogP contribution in [0.25, 0.3) is 0 Å². The lowest BCUT2D eigenvalue weighted by Crippen LogP contribution is -2.17. The van der Waals surface area contributed by atoms with Crippen molar-refractivity contribution in [3.05, 3.63) is 28.5 Å². The molecule has 104 valence electrons. The van der Waals surface area contributed by atoms with E-state index in [1.54, 1.807) is 17.8 Å². The van der Waals surface area contributed by atoms with E-state index in [9.17, 15) is 4.39 Å². The molecule has 2 rings (SSSR count). The Morgan fingerprint density at radius 1 is 1.47 bits per heavy atom. The minimum Gasteiger partial charge on any atom is -0.332 e. The number of hydrogen-bond acceptors (Lipinski definition) is 3. The minimum atomic E-state index is -0.261. The van der Waals surface area contributed by atoms with E-state index in [0.717, 1.165) is 16.2 Å². The molecule has 0 radical (unpaired) electrons. The van der Waals surface area contributed by atoms with Gasteiger partial charge in [0.1, 0.15) is 5.82 Å². The third-order valence-corrected chi connectivity index (χ3v) is 5.40. The number of para-hydroxylation sites is 1. The maximum absolute atomic E-state index is 13.7. The summed E-state index contributed by atoms with van der Waals surface area (Å²) in [5.74, 6) is 0.417. The molecule has 0 amide bonds. The van der Waals surface area contributed by atoms with E-state index in [-0.39, 0.29) is 5.82 Å². The van der Waals surface area contributed by atoms with Gasteiger partial charge in [0.25, 0.3) is 0 Å². The zero-order valence-electron chi connectivity index (χ0n) is 11.1. The maximum Gasteiger partial charge on any atom is 0.161 e. The molecule has 1 aromatic rings. The lowest BCUT2D eigenvalue weighted by molar-refractivity contribution is 0.479. The van der Waals surface area contributed by atoms with Gasteiger partial charge in [-0.3, -0.25) is 4.99 Å². The SMILES string of the molecule is CCC(CC)C1CN=C(Nc2c(F)cccc2Br)S1. The molecule has 0 aromatic heterocycles. The number of amidine groups is 1. The van der Waals surface area contributed by atoms with Crippen molar-refractivity contribution in [2.75, 3.05) is 11.9 Å². The van der Waals surface area contributed by atoms with Gasteiger partial charge in [0.05, 0.1) is 12.2 Å². The maximum atomic E-state index is 13.7. The first-order chi connectivity index (χ1) is 9.15. The second-order valence-corrected chi connectivity index (χ2v) is 6.68. The molecule has 1 atom stereocenters. The van der Waals surface area contributed by atoms with Crippen LogP contribution in [0.4, 0.5) is 10.1 Å². The fourth-order valence-electron chi connectivity index (χ4n) is 2.24. The Morgan fingerprint density at radius 3 is 2.84 bits per heavy atom. The second-order valence-electron chi connectivity index (χ2n) is 4.60. The van der Waals surface area contributed by atoms with Crippen LogP contribution < -0.4 is 5.32 Å². The minimum absolute atomic E-state index is 0.261. The summed E-state index contributed by atoms with van der Waals surface area (Å²) in [6.45, 7) is 5.26. The summed E-state index contributed by atoms with van der Waals surface area (Å²) in [5.41, 5.74) is 0.471. The number of nitrogens with one attached hydrogen (secondary N) is 1. The van der Waals surface area contributed by atoms with E-state index in [1.807, 2.05) is 6.07 Å². The Balaban J connectivity index is 2.02. The number of nitrogens with zero attached hydrogens (tertiary/aromatic N) is 1. The van der Waals surface area contributed by atoms with Crippen molar-refractivity contribution < 1.29 is 4.39 Å². The standard InChI is InChI=1S/C14H18BrFN2S/c1-3-9(4-2)12-8-17-14(19-12)18-13-10(15)6-5-7-11(13)16/h5-7,9,12H,3-4,8H2,1-2H3,(H,17,18). The molecule has 1 unspecified atom stereocenters. The number of hydrogen-bond donors (Lipinski definition) is 1. The summed E-state index contributed by atoms with van der Waals surface area (Å²) in [5, 5.41) is 4.44. The van der Waals surface area contributed by atoms with Gasteiger partial charge in [-0.05, 0) is 34.0 Å². The van der Waals surface area contributed by atoms with Gasteiger partial charge in [-0.15, -0.1) is 0 Å². The molecule has 1 aromatic carbocycles. The van der Waals surface area contributed by atoms with E-state index >= 15 is 0 Å². The van der Waals surface area contributed by atoms with Crippen LogP contribution in [0.15, 0.2) is 27.7 Å². The van der Waals surface area contributed by atoms with Crippen LogP contribution in [0.2, 0.25) is 0 Å². The largest absolute Gasteiger partial charge is 0.332 e. The lowest BCUT2D eigenvalue weighted by atomic mass is 9.99. The van der Waals surface area contributed by atoms with Gasteiger partial charge in [-0.1, -0.05) is 44.5 Å². The van der Waals surface area contributed by atoms with Crippen molar-refractivity contribution in [2.24, 2.45) is 10.9 Å². The molecule has 1 heterocycles. The fourth-order valence-corrected chi connectivity index (χ4v) is 4.01. The molecule has 0 saturated heterocycles. The third-order valence-electron chi connectivity index (χ3n) is 3.45. The lowest BCUT2D eigenvalue weighted by Gasteiger charge is -2.18. The van der Waals surface area contributed by atoms with Gasteiger partial charge >= 0.3 is 0 Å². The first kappa shape index (κ1) is 14.9. The van der Waals surface area contributed by atoms with Gasteiger partial charge in [0, 0.05) is 9.72 Å². The van der Waals surface area contributed by atoms with Gasteiger partial charge in [-0.25, -0.2) is 4.39 Å². The van der Waals surface area contributed by atoms with Crippen LogP contribution >= 0.6 is 27.7 Å². The number of anilines is 1. The fraction of sp³-hybridized carbons (Fsp3) is 0.500. The van der Waals surface area contributed by atoms with Crippen LogP contribution in [0.5, 0.6) is 0 Å². The van der Waals surface area contributed by atoms with E-state index in [4.69, 9.17) is 0 Å². The van der Waals surface area contributed by atoms with Gasteiger partial charge in [0.2, 0.25) is 0 Å². The first-order valence-electron chi connectivity index (χ1n) is 6.57. The van der Waals surface area contributed by atoms with Gasteiger partial charge in [-0.2, -0.15) is 0 Å². The van der Waals surface area contributed by atoms with Crippen LogP contribution in [0, 0.1) is 11.7 Å². The number of halogens is 2. The molecule has 0 aliphatic carbocycles. The highest BCUT2D eigenvalue weighted by atomic mass is 79.9. The van der Waals surface area contributed by atoms with Crippen molar-refractivity contribution in [1.29, 1.82) is 0 Å². The quantitative estimate of drug-likeness (QED) is 0.839. The molecule has 1 aliphatic rings. The monoisotopic (exact) mass is 344 g/mol. The van der Waals surface area contributed by atoms with Crippen LogP contribution in [-0.2, 0) is 0 Å². The zero-order valence-corrected chi connectivity index (χ0v) is 13.5. The van der Waals surface area contributed by atoms with E-state index in [1.165, 1.54) is 18.9 Å². The summed E-state index contributed by atoms with van der Waals surface area (Å²) in [4.78, 5) is 4.49. The topological polar surface area (TPSA) is 24.4 Å². The summed E-state index contributed by atoms with van der Waals surface area (Å²) in [6.07, 6.45) is 2.33. The predicted molar refractivity (Wildman–Crippen MR) is 85.5 cm³/mol. The summed E-state index contributed by atoms with van der Waals surface area (Å²) in [6, 6.07) is 4.96. The van der Waals surface area contributed by atoms with Crippen molar-refractivity contribution in [3.63, 3.8) is 0 Å². The Morgan fingerprint density at radius 2 is 2.21 bits per heavy atom. The molecule has 0 bridgehead atoms. The first-order valence-corrected chi connectivity index (χ1v) is 8.25. The Bertz CT molecular complexity index is 454. The Kier molecular flexibility index (Phi) is 5.28. The molecule has 0 spiro atoms. The van der Waals surface area contributed by atoms with Crippen molar-refractivity contribution in [1.82, 2.24) is 0 Å². The summed E-state index contributed by atoms with van der Waals surface area (Å²) in [7, 11) is 0. The molecule has 5 heteroatoms. The van der Waals surface area contributed by atoms with Crippen LogP contribution in [-0.4, -0.2) is 17.0 Å². The summed E-state index contributed by atoms with van der Waals surface area (Å²) < 4.78 is 14.5. The van der Waals surface area contributed by atoms with E-state index in [0.29, 0.717) is 16.9 Å². The number of rotatable bonds is 4. The van der Waals surface area contributed by atoms with Gasteiger partial charge < -0.3 is 5.32 Å². The Hall–Kier alpha value is -0.550.